The van der Waals surface area contributed by atoms with Crippen molar-refractivity contribution in [2.24, 2.45) is 5.92 Å². The van der Waals surface area contributed by atoms with Crippen LogP contribution in [0.5, 0.6) is 5.75 Å². The predicted molar refractivity (Wildman–Crippen MR) is 90.8 cm³/mol. The Labute approximate surface area is 138 Å². The average molecular weight is 318 g/mol. The first-order valence-electron chi connectivity index (χ1n) is 8.32. The van der Waals surface area contributed by atoms with Gasteiger partial charge in [0.2, 0.25) is 5.91 Å². The number of fused-ring (bicyclic) bond motifs is 1. The van der Waals surface area contributed by atoms with Crippen LogP contribution in [0.2, 0.25) is 0 Å². The van der Waals surface area contributed by atoms with E-state index < -0.39 is 0 Å². The van der Waals surface area contributed by atoms with Gasteiger partial charge in [0.1, 0.15) is 5.75 Å². The van der Waals surface area contributed by atoms with Crippen LogP contribution in [-0.4, -0.2) is 31.5 Å². The predicted octanol–water partition coefficient (Wildman–Crippen LogP) is 2.70. The van der Waals surface area contributed by atoms with Gasteiger partial charge in [-0.2, -0.15) is 0 Å². The lowest BCUT2D eigenvalue weighted by Crippen LogP contribution is -2.34. The number of hydrogen-bond donors (Lipinski definition) is 1. The van der Waals surface area contributed by atoms with Crippen molar-refractivity contribution in [1.29, 1.82) is 0 Å². The summed E-state index contributed by atoms with van der Waals surface area (Å²) in [5, 5.41) is 2.74. The van der Waals surface area contributed by atoms with E-state index in [1.807, 2.05) is 6.07 Å². The number of esters is 1. The number of nitrogens with zero attached hydrogens (tertiary/aromatic N) is 1. The zero-order valence-corrected chi connectivity index (χ0v) is 14.4. The van der Waals surface area contributed by atoms with Gasteiger partial charge in [0, 0.05) is 38.3 Å². The van der Waals surface area contributed by atoms with Gasteiger partial charge < -0.3 is 15.0 Å². The highest BCUT2D eigenvalue weighted by Crippen LogP contribution is 2.40. The molecule has 1 heterocycles. The summed E-state index contributed by atoms with van der Waals surface area (Å²) in [6.45, 7) is 10.1. The molecule has 0 radical (unpaired) electrons. The first-order chi connectivity index (χ1) is 11.0. The Balaban J connectivity index is 2.17. The highest BCUT2D eigenvalue weighted by molar-refractivity contribution is 5.80. The molecular weight excluding hydrogens is 292 g/mol. The third-order valence-corrected chi connectivity index (χ3v) is 4.56. The maximum Gasteiger partial charge on any atom is 0.315 e. The Kier molecular flexibility index (Phi) is 5.64. The number of hydrogen-bond acceptors (Lipinski definition) is 4. The maximum atomic E-state index is 12.3. The Morgan fingerprint density at radius 3 is 2.61 bits per heavy atom. The van der Waals surface area contributed by atoms with E-state index in [0.717, 1.165) is 24.3 Å². The van der Waals surface area contributed by atoms with Crippen LogP contribution < -0.4 is 15.0 Å². The highest BCUT2D eigenvalue weighted by atomic mass is 16.5. The van der Waals surface area contributed by atoms with Crippen molar-refractivity contribution in [3.63, 3.8) is 0 Å². The molecule has 0 spiro atoms. The molecule has 23 heavy (non-hydrogen) atoms. The SMILES string of the molecule is CCN(CC)c1ccc2c(c1)OC(=O)C(CCNC(C)=O)C2C. The molecule has 5 heteroatoms. The smallest absolute Gasteiger partial charge is 0.315 e. The van der Waals surface area contributed by atoms with E-state index in [4.69, 9.17) is 4.74 Å². The number of benzene rings is 1. The molecule has 126 valence electrons. The van der Waals surface area contributed by atoms with Crippen LogP contribution in [-0.2, 0) is 9.59 Å². The van der Waals surface area contributed by atoms with Crippen LogP contribution in [0.4, 0.5) is 5.69 Å². The zero-order chi connectivity index (χ0) is 17.0. The van der Waals surface area contributed by atoms with Gasteiger partial charge in [0.05, 0.1) is 5.92 Å². The quantitative estimate of drug-likeness (QED) is 0.647. The van der Waals surface area contributed by atoms with Crippen molar-refractivity contribution in [2.75, 3.05) is 24.5 Å². The standard InChI is InChI=1S/C18H26N2O3/c1-5-20(6-2)14-7-8-15-12(3)16(9-10-19-13(4)21)18(22)23-17(15)11-14/h7-8,11-12,16H,5-6,9-10H2,1-4H3,(H,19,21). The Bertz CT molecular complexity index is 582. The van der Waals surface area contributed by atoms with Gasteiger partial charge in [-0.3, -0.25) is 9.59 Å². The molecule has 1 aromatic rings. The van der Waals surface area contributed by atoms with Crippen LogP contribution in [0, 0.1) is 5.92 Å². The van der Waals surface area contributed by atoms with E-state index in [9.17, 15) is 9.59 Å². The van der Waals surface area contributed by atoms with Crippen LogP contribution in [0.3, 0.4) is 0 Å². The molecule has 1 aliphatic rings. The topological polar surface area (TPSA) is 58.6 Å². The molecule has 0 saturated carbocycles. The fourth-order valence-electron chi connectivity index (χ4n) is 3.15. The molecular formula is C18H26N2O3. The van der Waals surface area contributed by atoms with Crippen LogP contribution >= 0.6 is 0 Å². The molecule has 0 saturated heterocycles. The van der Waals surface area contributed by atoms with Crippen molar-refractivity contribution >= 4 is 17.6 Å². The molecule has 0 bridgehead atoms. The fourth-order valence-corrected chi connectivity index (χ4v) is 3.15. The molecule has 0 aliphatic carbocycles. The minimum atomic E-state index is -0.214. The highest BCUT2D eigenvalue weighted by Gasteiger charge is 2.34. The monoisotopic (exact) mass is 318 g/mol. The number of anilines is 1. The molecule has 0 aromatic heterocycles. The van der Waals surface area contributed by atoms with E-state index >= 15 is 0 Å². The number of ether oxygens (including phenoxy) is 1. The summed E-state index contributed by atoms with van der Waals surface area (Å²) >= 11 is 0. The molecule has 5 nitrogen and oxygen atoms in total. The second kappa shape index (κ2) is 7.49. The van der Waals surface area contributed by atoms with Gasteiger partial charge >= 0.3 is 5.97 Å². The van der Waals surface area contributed by atoms with Crippen LogP contribution in [0.15, 0.2) is 18.2 Å². The van der Waals surface area contributed by atoms with Crippen molar-refractivity contribution in [3.8, 4) is 5.75 Å². The van der Waals surface area contributed by atoms with Gasteiger partial charge in [-0.25, -0.2) is 0 Å². The summed E-state index contributed by atoms with van der Waals surface area (Å²) in [4.78, 5) is 25.5. The van der Waals surface area contributed by atoms with Crippen molar-refractivity contribution in [3.05, 3.63) is 23.8 Å². The first-order valence-corrected chi connectivity index (χ1v) is 8.32. The fraction of sp³-hybridized carbons (Fsp3) is 0.556. The second-order valence-corrected chi connectivity index (χ2v) is 5.98. The molecule has 1 aromatic carbocycles. The maximum absolute atomic E-state index is 12.3. The van der Waals surface area contributed by atoms with E-state index in [0.29, 0.717) is 18.7 Å². The lowest BCUT2D eigenvalue weighted by Gasteiger charge is -2.31. The molecule has 1 aliphatic heterocycles. The van der Waals surface area contributed by atoms with E-state index in [1.54, 1.807) is 0 Å². The summed E-state index contributed by atoms with van der Waals surface area (Å²) < 4.78 is 5.57. The number of nitrogens with one attached hydrogen (secondary N) is 1. The Morgan fingerprint density at radius 1 is 1.30 bits per heavy atom. The number of rotatable bonds is 6. The first kappa shape index (κ1) is 17.3. The van der Waals surface area contributed by atoms with Gasteiger partial charge in [-0.15, -0.1) is 0 Å². The van der Waals surface area contributed by atoms with E-state index in [1.165, 1.54) is 6.92 Å². The summed E-state index contributed by atoms with van der Waals surface area (Å²) in [5.41, 5.74) is 2.14. The average Bonchev–Trinajstić information content (AvgIpc) is 2.51. The van der Waals surface area contributed by atoms with Gasteiger partial charge in [0.15, 0.2) is 0 Å². The largest absolute Gasteiger partial charge is 0.426 e. The summed E-state index contributed by atoms with van der Waals surface area (Å²) in [7, 11) is 0. The summed E-state index contributed by atoms with van der Waals surface area (Å²) in [6.07, 6.45) is 0.594. The van der Waals surface area contributed by atoms with Crippen molar-refractivity contribution in [1.82, 2.24) is 5.32 Å². The van der Waals surface area contributed by atoms with Gasteiger partial charge in [-0.05, 0) is 37.8 Å². The third-order valence-electron chi connectivity index (χ3n) is 4.56. The van der Waals surface area contributed by atoms with Gasteiger partial charge in [0.25, 0.3) is 0 Å². The van der Waals surface area contributed by atoms with Crippen molar-refractivity contribution in [2.45, 2.75) is 40.0 Å². The minimum absolute atomic E-state index is 0.0777. The number of carbonyl (C=O) groups is 2. The molecule has 2 unspecified atom stereocenters. The summed E-state index contributed by atoms with van der Waals surface area (Å²) in [5.74, 6) is 0.264. The van der Waals surface area contributed by atoms with E-state index in [-0.39, 0.29) is 23.7 Å². The molecule has 2 rings (SSSR count). The molecule has 0 fully saturated rings. The zero-order valence-electron chi connectivity index (χ0n) is 14.4. The molecule has 1 amide bonds. The number of carbonyl (C=O) groups excluding carboxylic acids is 2. The number of amides is 1. The van der Waals surface area contributed by atoms with Gasteiger partial charge in [-0.1, -0.05) is 13.0 Å². The molecule has 1 N–H and O–H groups in total. The van der Waals surface area contributed by atoms with Crippen molar-refractivity contribution < 1.29 is 14.3 Å². The van der Waals surface area contributed by atoms with Crippen LogP contribution in [0.1, 0.15) is 45.6 Å². The lowest BCUT2D eigenvalue weighted by molar-refractivity contribution is -0.141. The Morgan fingerprint density at radius 2 is 2.00 bits per heavy atom. The Hall–Kier alpha value is -2.04. The van der Waals surface area contributed by atoms with E-state index in [2.05, 4.69) is 43.1 Å². The minimum Gasteiger partial charge on any atom is -0.426 e. The molecule has 2 atom stereocenters. The lowest BCUT2D eigenvalue weighted by atomic mass is 9.83. The normalized spacial score (nSPS) is 19.7. The summed E-state index contributed by atoms with van der Waals surface area (Å²) in [6, 6.07) is 6.11. The van der Waals surface area contributed by atoms with Crippen LogP contribution in [0.25, 0.3) is 0 Å². The third kappa shape index (κ3) is 3.84. The second-order valence-electron chi connectivity index (χ2n) is 5.98.